The topological polar surface area (TPSA) is 95.9 Å². The van der Waals surface area contributed by atoms with Crippen LogP contribution in [0.25, 0.3) is 6.08 Å². The molecule has 0 radical (unpaired) electrons. The molecule has 0 atom stereocenters. The van der Waals surface area contributed by atoms with Crippen LogP contribution in [0.5, 0.6) is 11.5 Å². The predicted molar refractivity (Wildman–Crippen MR) is 112 cm³/mol. The lowest BCUT2D eigenvalue weighted by atomic mass is 10.2. The number of phenolic OH excluding ortho intramolecular Hbond substituents is 1. The minimum absolute atomic E-state index is 0.0905. The number of ether oxygens (including phenoxy) is 1. The van der Waals surface area contributed by atoms with Crippen LogP contribution in [0.4, 0.5) is 10.5 Å². The number of phenols is 1. The van der Waals surface area contributed by atoms with E-state index >= 15 is 0 Å². The van der Waals surface area contributed by atoms with E-state index in [1.54, 1.807) is 18.2 Å². The van der Waals surface area contributed by atoms with Gasteiger partial charge in [0.2, 0.25) is 5.91 Å². The van der Waals surface area contributed by atoms with Crippen molar-refractivity contribution in [1.82, 2.24) is 4.90 Å². The molecular formula is C19H14Cl2N2O5S. The van der Waals surface area contributed by atoms with Crippen molar-refractivity contribution < 1.29 is 24.2 Å². The van der Waals surface area contributed by atoms with Gasteiger partial charge in [-0.25, -0.2) is 0 Å². The van der Waals surface area contributed by atoms with Gasteiger partial charge >= 0.3 is 0 Å². The van der Waals surface area contributed by atoms with E-state index in [1.807, 2.05) is 0 Å². The van der Waals surface area contributed by atoms with Gasteiger partial charge in [0.25, 0.3) is 11.1 Å². The fourth-order valence-electron chi connectivity index (χ4n) is 2.49. The number of rotatable bonds is 5. The highest BCUT2D eigenvalue weighted by atomic mass is 35.5. The SMILES string of the molecule is COc1ccc(NC(=O)CN2C(=O)S/C(=C/c3ccc(O)c(Cl)c3)C2=O)cc1Cl. The molecule has 0 bridgehead atoms. The minimum atomic E-state index is -0.591. The summed E-state index contributed by atoms with van der Waals surface area (Å²) in [5.41, 5.74) is 0.942. The van der Waals surface area contributed by atoms with Crippen LogP contribution < -0.4 is 10.1 Å². The van der Waals surface area contributed by atoms with Crippen LogP contribution in [-0.2, 0) is 9.59 Å². The Kier molecular flexibility index (Phi) is 6.36. The second-order valence-corrected chi connectivity index (χ2v) is 7.68. The lowest BCUT2D eigenvalue weighted by Gasteiger charge is -2.13. The van der Waals surface area contributed by atoms with Gasteiger partial charge in [0, 0.05) is 5.69 Å². The maximum absolute atomic E-state index is 12.5. The van der Waals surface area contributed by atoms with Gasteiger partial charge in [0.15, 0.2) is 0 Å². The quantitative estimate of drug-likeness (QED) is 0.653. The molecule has 0 saturated carbocycles. The first kappa shape index (κ1) is 21.0. The molecule has 1 heterocycles. The largest absolute Gasteiger partial charge is 0.506 e. The van der Waals surface area contributed by atoms with E-state index in [9.17, 15) is 19.5 Å². The van der Waals surface area contributed by atoms with Crippen LogP contribution >= 0.6 is 35.0 Å². The van der Waals surface area contributed by atoms with Gasteiger partial charge in [0.05, 0.1) is 22.1 Å². The second-order valence-electron chi connectivity index (χ2n) is 5.88. The number of imide groups is 1. The molecule has 7 nitrogen and oxygen atoms in total. The van der Waals surface area contributed by atoms with E-state index in [-0.39, 0.29) is 15.7 Å². The molecule has 3 rings (SSSR count). The van der Waals surface area contributed by atoms with Crippen molar-refractivity contribution in [2.24, 2.45) is 0 Å². The Morgan fingerprint density at radius 1 is 1.21 bits per heavy atom. The number of carbonyl (C=O) groups is 3. The van der Waals surface area contributed by atoms with E-state index in [2.05, 4.69) is 5.32 Å². The first-order valence-electron chi connectivity index (χ1n) is 8.15. The van der Waals surface area contributed by atoms with Crippen molar-refractivity contribution in [1.29, 1.82) is 0 Å². The molecule has 1 aliphatic rings. The van der Waals surface area contributed by atoms with Crippen LogP contribution in [0.2, 0.25) is 10.0 Å². The summed E-state index contributed by atoms with van der Waals surface area (Å²) < 4.78 is 5.04. The minimum Gasteiger partial charge on any atom is -0.506 e. The van der Waals surface area contributed by atoms with Crippen molar-refractivity contribution >= 4 is 63.8 Å². The van der Waals surface area contributed by atoms with E-state index in [0.29, 0.717) is 22.0 Å². The van der Waals surface area contributed by atoms with Gasteiger partial charge in [-0.3, -0.25) is 19.3 Å². The number of anilines is 1. The molecule has 3 amide bonds. The summed E-state index contributed by atoms with van der Waals surface area (Å²) in [6, 6.07) is 9.07. The molecular weight excluding hydrogens is 439 g/mol. The van der Waals surface area contributed by atoms with Crippen molar-refractivity contribution in [3.05, 3.63) is 56.9 Å². The van der Waals surface area contributed by atoms with Gasteiger partial charge in [-0.15, -0.1) is 0 Å². The third-order valence-corrected chi connectivity index (χ3v) is 5.39. The molecule has 2 aromatic carbocycles. The average molecular weight is 453 g/mol. The molecule has 2 aromatic rings. The maximum Gasteiger partial charge on any atom is 0.294 e. The zero-order chi connectivity index (χ0) is 21.1. The van der Waals surface area contributed by atoms with E-state index < -0.39 is 23.6 Å². The highest BCUT2D eigenvalue weighted by molar-refractivity contribution is 8.18. The molecule has 1 fully saturated rings. The number of hydrogen-bond donors (Lipinski definition) is 2. The summed E-state index contributed by atoms with van der Waals surface area (Å²) in [6.45, 7) is -0.442. The number of methoxy groups -OCH3 is 1. The predicted octanol–water partition coefficient (Wildman–Crippen LogP) is 4.38. The molecule has 0 aromatic heterocycles. The van der Waals surface area contributed by atoms with Crippen LogP contribution in [0, 0.1) is 0 Å². The maximum atomic E-state index is 12.5. The standard InChI is InChI=1S/C19H14Cl2N2O5S/c1-28-15-5-3-11(8-13(15)21)22-17(25)9-23-18(26)16(29-19(23)27)7-10-2-4-14(24)12(20)6-10/h2-8,24H,9H2,1H3,(H,22,25)/b16-7+. The molecule has 150 valence electrons. The Balaban J connectivity index is 1.69. The van der Waals surface area contributed by atoms with Gasteiger partial charge in [-0.2, -0.15) is 0 Å². The van der Waals surface area contributed by atoms with Crippen molar-refractivity contribution in [3.63, 3.8) is 0 Å². The van der Waals surface area contributed by atoms with Crippen LogP contribution in [-0.4, -0.2) is 40.7 Å². The second kappa shape index (κ2) is 8.77. The number of hydrogen-bond acceptors (Lipinski definition) is 6. The molecule has 10 heteroatoms. The summed E-state index contributed by atoms with van der Waals surface area (Å²) in [6.07, 6.45) is 1.47. The first-order valence-corrected chi connectivity index (χ1v) is 9.73. The van der Waals surface area contributed by atoms with Gasteiger partial charge in [-0.1, -0.05) is 29.3 Å². The smallest absolute Gasteiger partial charge is 0.294 e. The number of aromatic hydroxyl groups is 1. The zero-order valence-electron chi connectivity index (χ0n) is 14.9. The van der Waals surface area contributed by atoms with E-state index in [0.717, 1.165) is 16.7 Å². The van der Waals surface area contributed by atoms with Crippen molar-refractivity contribution in [2.75, 3.05) is 19.0 Å². The lowest BCUT2D eigenvalue weighted by molar-refractivity contribution is -0.127. The average Bonchev–Trinajstić information content (AvgIpc) is 2.92. The van der Waals surface area contributed by atoms with Crippen molar-refractivity contribution in [2.45, 2.75) is 0 Å². The molecule has 1 aliphatic heterocycles. The first-order chi connectivity index (χ1) is 13.8. The van der Waals surface area contributed by atoms with Crippen LogP contribution in [0.15, 0.2) is 41.3 Å². The third-order valence-electron chi connectivity index (χ3n) is 3.88. The number of carbonyl (C=O) groups excluding carboxylic acids is 3. The third kappa shape index (κ3) is 4.84. The Morgan fingerprint density at radius 3 is 2.62 bits per heavy atom. The van der Waals surface area contributed by atoms with Crippen molar-refractivity contribution in [3.8, 4) is 11.5 Å². The summed E-state index contributed by atoms with van der Waals surface area (Å²) in [7, 11) is 1.47. The Morgan fingerprint density at radius 2 is 1.97 bits per heavy atom. The Hall–Kier alpha value is -2.68. The molecule has 0 unspecified atom stereocenters. The molecule has 0 aliphatic carbocycles. The molecule has 0 spiro atoms. The molecule has 29 heavy (non-hydrogen) atoms. The Labute approximate surface area is 180 Å². The lowest BCUT2D eigenvalue weighted by Crippen LogP contribution is -2.36. The normalized spacial score (nSPS) is 15.1. The van der Waals surface area contributed by atoms with Crippen LogP contribution in [0.3, 0.4) is 0 Å². The highest BCUT2D eigenvalue weighted by Crippen LogP contribution is 2.33. The van der Waals surface area contributed by atoms with Gasteiger partial charge in [0.1, 0.15) is 18.0 Å². The fourth-order valence-corrected chi connectivity index (χ4v) is 3.77. The molecule has 1 saturated heterocycles. The number of nitrogens with zero attached hydrogens (tertiary/aromatic N) is 1. The number of amides is 3. The van der Waals surface area contributed by atoms with Gasteiger partial charge < -0.3 is 15.2 Å². The zero-order valence-corrected chi connectivity index (χ0v) is 17.3. The Bertz CT molecular complexity index is 1040. The summed E-state index contributed by atoms with van der Waals surface area (Å²) >= 11 is 12.6. The fraction of sp³-hybridized carbons (Fsp3) is 0.105. The number of thioether (sulfide) groups is 1. The summed E-state index contributed by atoms with van der Waals surface area (Å²) in [5.74, 6) is -0.781. The summed E-state index contributed by atoms with van der Waals surface area (Å²) in [4.78, 5) is 38.0. The monoisotopic (exact) mass is 452 g/mol. The van der Waals surface area contributed by atoms with E-state index in [1.165, 1.54) is 31.4 Å². The number of nitrogens with one attached hydrogen (secondary N) is 1. The molecule has 2 N–H and O–H groups in total. The highest BCUT2D eigenvalue weighted by Gasteiger charge is 2.36. The van der Waals surface area contributed by atoms with E-state index in [4.69, 9.17) is 27.9 Å². The van der Waals surface area contributed by atoms with Gasteiger partial charge in [-0.05, 0) is 53.7 Å². The summed E-state index contributed by atoms with van der Waals surface area (Å²) in [5, 5.41) is 11.9. The number of halogens is 2. The van der Waals surface area contributed by atoms with Crippen LogP contribution in [0.1, 0.15) is 5.56 Å². The number of benzene rings is 2.